The van der Waals surface area contributed by atoms with E-state index < -0.39 is 16.6 Å². The summed E-state index contributed by atoms with van der Waals surface area (Å²) in [6, 6.07) is 0. The fraction of sp³-hybridized carbons (Fsp3) is 0.727. The van der Waals surface area contributed by atoms with Gasteiger partial charge >= 0.3 is 5.97 Å². The van der Waals surface area contributed by atoms with Gasteiger partial charge in [-0.3, -0.25) is 4.79 Å². The van der Waals surface area contributed by atoms with Gasteiger partial charge in [0.25, 0.3) is 0 Å². The van der Waals surface area contributed by atoms with E-state index in [2.05, 4.69) is 115 Å². The first kappa shape index (κ1) is 37.6. The highest BCUT2D eigenvalue weighted by molar-refractivity contribution is 6.74. The molecule has 0 fully saturated rings. The van der Waals surface area contributed by atoms with Crippen LogP contribution in [0.5, 0.6) is 0 Å². The topological polar surface area (TPSA) is 44.8 Å². The van der Waals surface area contributed by atoms with Crippen LogP contribution < -0.4 is 0 Å². The Kier molecular flexibility index (Phi) is 18.2. The molecule has 0 aliphatic heterocycles. The smallest absolute Gasteiger partial charge is 0.305 e. The Balaban J connectivity index is 4.65. The first-order valence-electron chi connectivity index (χ1n) is 14.9. The second-order valence-corrected chi connectivity index (χ2v) is 23.0. The third-order valence-electron chi connectivity index (χ3n) is 7.93. The maximum Gasteiger partial charge on any atom is 0.305 e. The summed E-state index contributed by atoms with van der Waals surface area (Å²) in [4.78, 5) is 11.1. The maximum atomic E-state index is 11.1. The van der Waals surface area contributed by atoms with Crippen molar-refractivity contribution in [2.45, 2.75) is 142 Å². The highest BCUT2D eigenvalue weighted by Gasteiger charge is 2.38. The summed E-state index contributed by atoms with van der Waals surface area (Å²) in [7, 11) is -2.08. The van der Waals surface area contributed by atoms with E-state index in [1.807, 2.05) is 6.08 Å². The molecule has 0 heterocycles. The van der Waals surface area contributed by atoms with Gasteiger partial charge in [0, 0.05) is 19.4 Å². The summed E-state index contributed by atoms with van der Waals surface area (Å²) in [5.41, 5.74) is 0. The van der Waals surface area contributed by atoms with Gasteiger partial charge in [0.05, 0.1) is 13.2 Å². The van der Waals surface area contributed by atoms with Crippen molar-refractivity contribution in [3.63, 3.8) is 0 Å². The summed E-state index contributed by atoms with van der Waals surface area (Å²) in [6.45, 7) is 23.9. The average molecular weight is 577 g/mol. The number of hydrogen-bond acceptors (Lipinski definition) is 4. The van der Waals surface area contributed by atoms with E-state index in [0.29, 0.717) is 12.8 Å². The maximum absolute atomic E-state index is 11.1. The number of ether oxygens (including phenoxy) is 1. The van der Waals surface area contributed by atoms with Crippen LogP contribution >= 0.6 is 0 Å². The van der Waals surface area contributed by atoms with Gasteiger partial charge in [-0.05, 0) is 86.9 Å². The lowest BCUT2D eigenvalue weighted by Crippen LogP contribution is -2.43. The Morgan fingerprint density at radius 1 is 0.821 bits per heavy atom. The van der Waals surface area contributed by atoms with Gasteiger partial charge in [-0.15, -0.1) is 0 Å². The summed E-state index contributed by atoms with van der Waals surface area (Å²) in [5.74, 6) is 6.18. The Morgan fingerprint density at radius 2 is 1.44 bits per heavy atom. The van der Waals surface area contributed by atoms with E-state index in [4.69, 9.17) is 8.85 Å². The van der Waals surface area contributed by atoms with Gasteiger partial charge in [-0.2, -0.15) is 0 Å². The lowest BCUT2D eigenvalue weighted by molar-refractivity contribution is -0.140. The van der Waals surface area contributed by atoms with E-state index in [-0.39, 0.29) is 22.1 Å². The summed E-state index contributed by atoms with van der Waals surface area (Å²) < 4.78 is 17.6. The Bertz CT molecular complexity index is 830. The van der Waals surface area contributed by atoms with Gasteiger partial charge in [-0.1, -0.05) is 84.1 Å². The second kappa shape index (κ2) is 18.9. The summed E-state index contributed by atoms with van der Waals surface area (Å²) >= 11 is 0. The molecule has 0 rings (SSSR count). The van der Waals surface area contributed by atoms with Crippen molar-refractivity contribution in [1.29, 1.82) is 0 Å². The number of carbonyl (C=O) groups excluding carboxylic acids is 1. The molecule has 1 atom stereocenters. The lowest BCUT2D eigenvalue weighted by Gasteiger charge is -2.38. The number of unbranched alkanes of at least 4 members (excludes halogenated alkanes) is 4. The van der Waals surface area contributed by atoms with E-state index in [0.717, 1.165) is 38.7 Å². The molecule has 0 aliphatic carbocycles. The highest BCUT2D eigenvalue weighted by atomic mass is 28.4. The molecule has 4 nitrogen and oxygen atoms in total. The molecule has 0 aromatic carbocycles. The summed E-state index contributed by atoms with van der Waals surface area (Å²) in [6.07, 6.45) is 21.2. The Hall–Kier alpha value is -1.40. The quantitative estimate of drug-likeness (QED) is 0.0568. The van der Waals surface area contributed by atoms with Crippen LogP contribution in [0.1, 0.15) is 99.3 Å². The van der Waals surface area contributed by atoms with Crippen LogP contribution in [0.3, 0.4) is 0 Å². The van der Waals surface area contributed by atoms with Crippen molar-refractivity contribution in [3.05, 3.63) is 36.5 Å². The van der Waals surface area contributed by atoms with Crippen molar-refractivity contribution in [2.24, 2.45) is 0 Å². The zero-order valence-electron chi connectivity index (χ0n) is 27.2. The molecule has 0 unspecified atom stereocenters. The van der Waals surface area contributed by atoms with Crippen LogP contribution in [0, 0.1) is 11.8 Å². The molecular formula is C33H60O4Si2. The fourth-order valence-corrected chi connectivity index (χ4v) is 5.53. The average Bonchev–Trinajstić information content (AvgIpc) is 2.81. The first-order valence-corrected chi connectivity index (χ1v) is 20.7. The van der Waals surface area contributed by atoms with Crippen LogP contribution in [0.25, 0.3) is 0 Å². The van der Waals surface area contributed by atoms with E-state index in [1.54, 1.807) is 0 Å². The number of hydrogen-bond donors (Lipinski definition) is 0. The minimum Gasteiger partial charge on any atom is -0.469 e. The molecule has 0 spiro atoms. The van der Waals surface area contributed by atoms with E-state index in [9.17, 15) is 4.79 Å². The monoisotopic (exact) mass is 576 g/mol. The molecule has 0 bridgehead atoms. The van der Waals surface area contributed by atoms with Crippen molar-refractivity contribution in [3.8, 4) is 11.8 Å². The molecule has 39 heavy (non-hydrogen) atoms. The number of allylic oxidation sites excluding steroid dienone is 4. The van der Waals surface area contributed by atoms with E-state index >= 15 is 0 Å². The lowest BCUT2D eigenvalue weighted by atomic mass is 10.1. The molecule has 0 aromatic rings. The molecule has 0 aromatic heterocycles. The fourth-order valence-electron chi connectivity index (χ4n) is 3.15. The molecule has 0 amide bonds. The van der Waals surface area contributed by atoms with Gasteiger partial charge in [0.1, 0.15) is 0 Å². The van der Waals surface area contributed by atoms with Crippen molar-refractivity contribution in [1.82, 2.24) is 0 Å². The zero-order chi connectivity index (χ0) is 30.0. The number of esters is 1. The standard InChI is InChI=1S/C33H60O4Si2/c1-32(2,3)38(8,9)36-29-25-21-17-16-19-23-27-30(37-39(10,11)33(4,5)6)26-22-18-14-12-13-15-20-24-28-31(34)35-7/h13,15,19,22-23,26,30H,12,16-17,20-21,24-25,27-29H2,1-11H3/b15-13+,23-19-,26-22+/t30-/m1/s1. The van der Waals surface area contributed by atoms with Gasteiger partial charge in [0.15, 0.2) is 16.6 Å². The molecule has 0 aliphatic rings. The predicted molar refractivity (Wildman–Crippen MR) is 174 cm³/mol. The zero-order valence-corrected chi connectivity index (χ0v) is 29.2. The number of methoxy groups -OCH3 is 1. The van der Waals surface area contributed by atoms with Crippen molar-refractivity contribution < 1.29 is 18.4 Å². The van der Waals surface area contributed by atoms with Crippen LogP contribution in [0.4, 0.5) is 0 Å². The Labute approximate surface area is 244 Å². The largest absolute Gasteiger partial charge is 0.469 e. The van der Waals surface area contributed by atoms with Crippen LogP contribution in [0.2, 0.25) is 36.3 Å². The molecule has 0 saturated heterocycles. The van der Waals surface area contributed by atoms with Crippen molar-refractivity contribution >= 4 is 22.6 Å². The molecule has 0 saturated carbocycles. The molecule has 6 heteroatoms. The van der Waals surface area contributed by atoms with Gasteiger partial charge in [0.2, 0.25) is 0 Å². The normalized spacial score (nSPS) is 14.2. The minimum absolute atomic E-state index is 0.0447. The third-order valence-corrected chi connectivity index (χ3v) is 17.0. The molecule has 0 N–H and O–H groups in total. The van der Waals surface area contributed by atoms with Crippen LogP contribution in [0.15, 0.2) is 36.5 Å². The minimum atomic E-state index is -1.88. The molecule has 0 radical (unpaired) electrons. The predicted octanol–water partition coefficient (Wildman–Crippen LogP) is 9.75. The number of carbonyl (C=O) groups is 1. The van der Waals surface area contributed by atoms with E-state index in [1.165, 1.54) is 20.0 Å². The molecular weight excluding hydrogens is 517 g/mol. The molecule has 224 valence electrons. The van der Waals surface area contributed by atoms with Gasteiger partial charge < -0.3 is 13.6 Å². The number of rotatable bonds is 17. The van der Waals surface area contributed by atoms with Gasteiger partial charge in [-0.25, -0.2) is 0 Å². The van der Waals surface area contributed by atoms with Crippen LogP contribution in [-0.4, -0.2) is 42.4 Å². The van der Waals surface area contributed by atoms with Crippen LogP contribution in [-0.2, 0) is 18.4 Å². The second-order valence-electron chi connectivity index (χ2n) is 13.4. The first-order chi connectivity index (χ1) is 18.0. The summed E-state index contributed by atoms with van der Waals surface area (Å²) in [5, 5.41) is 0.448. The van der Waals surface area contributed by atoms with Crippen molar-refractivity contribution in [2.75, 3.05) is 13.7 Å². The Morgan fingerprint density at radius 3 is 2.05 bits per heavy atom. The third kappa shape index (κ3) is 17.8. The SMILES string of the molecule is COC(=O)CCC/C=C/CC#C/C=C/[C@H](C/C=C\CCCCCO[Si](C)(C)C(C)(C)C)O[Si](C)(C)C(C)(C)C. The highest BCUT2D eigenvalue weighted by Crippen LogP contribution is 2.38.